The Kier molecular flexibility index (Phi) is 3.93. The molecule has 2 aromatic carbocycles. The Balaban J connectivity index is 1.81. The fraction of sp³-hybridized carbons (Fsp3) is 0.167. The minimum Gasteiger partial charge on any atom is -0.311 e. The number of amides is 3. The number of fused-ring (bicyclic) bond motifs is 1. The van der Waals surface area contributed by atoms with E-state index in [1.165, 1.54) is 0 Å². The third kappa shape index (κ3) is 2.61. The normalized spacial score (nSPS) is 13.2. The Bertz CT molecular complexity index is 736. The molecule has 5 nitrogen and oxygen atoms in total. The molecular formula is C18H16N2O3. The van der Waals surface area contributed by atoms with Gasteiger partial charge in [-0.1, -0.05) is 30.3 Å². The van der Waals surface area contributed by atoms with Gasteiger partial charge in [0.2, 0.25) is 5.91 Å². The van der Waals surface area contributed by atoms with Gasteiger partial charge in [-0.05, 0) is 31.2 Å². The lowest BCUT2D eigenvalue weighted by Gasteiger charge is -2.23. The minimum absolute atomic E-state index is 0.255. The Morgan fingerprint density at radius 3 is 1.96 bits per heavy atom. The van der Waals surface area contributed by atoms with Crippen LogP contribution in [0.2, 0.25) is 0 Å². The third-order valence-electron chi connectivity index (χ3n) is 3.86. The Labute approximate surface area is 134 Å². The number of para-hydroxylation sites is 1. The molecule has 1 aliphatic rings. The second-order valence-corrected chi connectivity index (χ2v) is 5.22. The molecule has 0 spiro atoms. The number of carbonyl (C=O) groups is 3. The summed E-state index contributed by atoms with van der Waals surface area (Å²) >= 11 is 0. The Hall–Kier alpha value is -2.95. The largest absolute Gasteiger partial charge is 0.311 e. The predicted octanol–water partition coefficient (Wildman–Crippen LogP) is 2.34. The molecule has 0 aliphatic carbocycles. The van der Waals surface area contributed by atoms with Crippen LogP contribution in [-0.2, 0) is 4.79 Å². The molecule has 3 amide bonds. The second-order valence-electron chi connectivity index (χ2n) is 5.22. The van der Waals surface area contributed by atoms with Gasteiger partial charge in [-0.25, -0.2) is 0 Å². The van der Waals surface area contributed by atoms with E-state index in [0.29, 0.717) is 17.7 Å². The number of nitrogens with zero attached hydrogens (tertiary/aromatic N) is 2. The fourth-order valence-corrected chi connectivity index (χ4v) is 2.71. The van der Waals surface area contributed by atoms with Crippen molar-refractivity contribution in [1.82, 2.24) is 4.90 Å². The number of likely N-dealkylation sites (N-methyl/N-ethyl adjacent to an activating group) is 1. The molecule has 0 N–H and O–H groups in total. The minimum atomic E-state index is -0.414. The standard InChI is InChI=1S/C18H16N2O3/c1-2-19(13-8-4-3-5-9-13)16(21)12-20-17(22)14-10-6-7-11-15(14)18(20)23/h3-11H,2,12H2,1H3. The molecule has 0 radical (unpaired) electrons. The molecule has 2 aromatic rings. The van der Waals surface area contributed by atoms with Gasteiger partial charge in [0, 0.05) is 12.2 Å². The molecule has 1 aliphatic heterocycles. The molecule has 0 saturated heterocycles. The van der Waals surface area contributed by atoms with Gasteiger partial charge >= 0.3 is 0 Å². The number of anilines is 1. The van der Waals surface area contributed by atoms with Crippen molar-refractivity contribution in [2.45, 2.75) is 6.92 Å². The van der Waals surface area contributed by atoms with Gasteiger partial charge in [-0.3, -0.25) is 19.3 Å². The van der Waals surface area contributed by atoms with Crippen LogP contribution in [0.4, 0.5) is 5.69 Å². The van der Waals surface area contributed by atoms with Crippen molar-refractivity contribution in [3.8, 4) is 0 Å². The van der Waals surface area contributed by atoms with Gasteiger partial charge < -0.3 is 4.90 Å². The highest BCUT2D eigenvalue weighted by Crippen LogP contribution is 2.23. The maximum Gasteiger partial charge on any atom is 0.262 e. The van der Waals surface area contributed by atoms with E-state index in [1.807, 2.05) is 37.3 Å². The summed E-state index contributed by atoms with van der Waals surface area (Å²) in [4.78, 5) is 39.8. The first kappa shape index (κ1) is 15.0. The summed E-state index contributed by atoms with van der Waals surface area (Å²) in [6.07, 6.45) is 0. The van der Waals surface area contributed by atoms with Crippen LogP contribution in [0.25, 0.3) is 0 Å². The smallest absolute Gasteiger partial charge is 0.262 e. The monoisotopic (exact) mass is 308 g/mol. The van der Waals surface area contributed by atoms with Crippen LogP contribution in [0, 0.1) is 0 Å². The fourth-order valence-electron chi connectivity index (χ4n) is 2.71. The highest BCUT2D eigenvalue weighted by Gasteiger charge is 2.36. The molecule has 1 heterocycles. The van der Waals surface area contributed by atoms with Crippen LogP contribution in [0.1, 0.15) is 27.6 Å². The predicted molar refractivity (Wildman–Crippen MR) is 86.3 cm³/mol. The van der Waals surface area contributed by atoms with Crippen LogP contribution < -0.4 is 4.90 Å². The van der Waals surface area contributed by atoms with Crippen molar-refractivity contribution >= 4 is 23.4 Å². The number of hydrogen-bond donors (Lipinski definition) is 0. The molecule has 0 unspecified atom stereocenters. The van der Waals surface area contributed by atoms with Crippen molar-refractivity contribution in [1.29, 1.82) is 0 Å². The molecule has 23 heavy (non-hydrogen) atoms. The molecular weight excluding hydrogens is 292 g/mol. The van der Waals surface area contributed by atoms with E-state index >= 15 is 0 Å². The van der Waals surface area contributed by atoms with E-state index in [-0.39, 0.29) is 12.5 Å². The highest BCUT2D eigenvalue weighted by molar-refractivity contribution is 6.22. The maximum absolute atomic E-state index is 12.6. The number of benzene rings is 2. The first-order chi connectivity index (χ1) is 11.1. The van der Waals surface area contributed by atoms with E-state index in [0.717, 1.165) is 10.6 Å². The van der Waals surface area contributed by atoms with Gasteiger partial charge in [0.1, 0.15) is 6.54 Å². The molecule has 0 atom stereocenters. The molecule has 3 rings (SSSR count). The summed E-state index contributed by atoms with van der Waals surface area (Å²) in [5.41, 5.74) is 1.46. The van der Waals surface area contributed by atoms with Crippen LogP contribution in [0.5, 0.6) is 0 Å². The summed E-state index contributed by atoms with van der Waals surface area (Å²) in [6, 6.07) is 15.8. The molecule has 5 heteroatoms. The summed E-state index contributed by atoms with van der Waals surface area (Å²) in [5.74, 6) is -1.11. The van der Waals surface area contributed by atoms with Gasteiger partial charge in [-0.2, -0.15) is 0 Å². The van der Waals surface area contributed by atoms with Crippen LogP contribution >= 0.6 is 0 Å². The van der Waals surface area contributed by atoms with Crippen LogP contribution in [0.15, 0.2) is 54.6 Å². The van der Waals surface area contributed by atoms with Crippen molar-refractivity contribution in [3.63, 3.8) is 0 Å². The number of imide groups is 1. The van der Waals surface area contributed by atoms with Crippen molar-refractivity contribution < 1.29 is 14.4 Å². The average Bonchev–Trinajstić information content (AvgIpc) is 2.82. The second kappa shape index (κ2) is 6.04. The van der Waals surface area contributed by atoms with E-state index in [2.05, 4.69) is 0 Å². The van der Waals surface area contributed by atoms with E-state index in [9.17, 15) is 14.4 Å². The maximum atomic E-state index is 12.6. The summed E-state index contributed by atoms with van der Waals surface area (Å²) in [6.45, 7) is 2.06. The highest BCUT2D eigenvalue weighted by atomic mass is 16.2. The first-order valence-electron chi connectivity index (χ1n) is 7.44. The van der Waals surface area contributed by atoms with E-state index in [4.69, 9.17) is 0 Å². The topological polar surface area (TPSA) is 57.7 Å². The summed E-state index contributed by atoms with van der Waals surface area (Å²) in [7, 11) is 0. The molecule has 0 aromatic heterocycles. The quantitative estimate of drug-likeness (QED) is 0.815. The van der Waals surface area contributed by atoms with Gasteiger partial charge in [0.05, 0.1) is 11.1 Å². The van der Waals surface area contributed by atoms with Crippen LogP contribution in [-0.4, -0.2) is 35.7 Å². The Morgan fingerprint density at radius 1 is 0.913 bits per heavy atom. The van der Waals surface area contributed by atoms with E-state index < -0.39 is 11.8 Å². The number of hydrogen-bond acceptors (Lipinski definition) is 3. The molecule has 0 saturated carbocycles. The number of carbonyl (C=O) groups excluding carboxylic acids is 3. The zero-order valence-electron chi connectivity index (χ0n) is 12.7. The lowest BCUT2D eigenvalue weighted by molar-refractivity contribution is -0.118. The zero-order chi connectivity index (χ0) is 16.4. The van der Waals surface area contributed by atoms with Crippen molar-refractivity contribution in [2.24, 2.45) is 0 Å². The summed E-state index contributed by atoms with van der Waals surface area (Å²) in [5, 5.41) is 0. The first-order valence-corrected chi connectivity index (χ1v) is 7.44. The molecule has 116 valence electrons. The lowest BCUT2D eigenvalue weighted by atomic mass is 10.1. The van der Waals surface area contributed by atoms with Crippen molar-refractivity contribution in [2.75, 3.05) is 18.0 Å². The average molecular weight is 308 g/mol. The Morgan fingerprint density at radius 2 is 1.43 bits per heavy atom. The van der Waals surface area contributed by atoms with Crippen molar-refractivity contribution in [3.05, 3.63) is 65.7 Å². The van der Waals surface area contributed by atoms with Gasteiger partial charge in [0.15, 0.2) is 0 Å². The summed E-state index contributed by atoms with van der Waals surface area (Å²) < 4.78 is 0. The zero-order valence-corrected chi connectivity index (χ0v) is 12.7. The molecule has 0 fully saturated rings. The lowest BCUT2D eigenvalue weighted by Crippen LogP contribution is -2.42. The van der Waals surface area contributed by atoms with Crippen LogP contribution in [0.3, 0.4) is 0 Å². The molecule has 0 bridgehead atoms. The van der Waals surface area contributed by atoms with Gasteiger partial charge in [-0.15, -0.1) is 0 Å². The third-order valence-corrected chi connectivity index (χ3v) is 3.86. The van der Waals surface area contributed by atoms with Gasteiger partial charge in [0.25, 0.3) is 11.8 Å². The number of rotatable bonds is 4. The SMILES string of the molecule is CCN(C(=O)CN1C(=O)c2ccccc2C1=O)c1ccccc1. The van der Waals surface area contributed by atoms with E-state index in [1.54, 1.807) is 29.2 Å².